The Bertz CT molecular complexity index is 244. The normalized spacial score (nSPS) is 30.8. The third-order valence-electron chi connectivity index (χ3n) is 3.36. The summed E-state index contributed by atoms with van der Waals surface area (Å²) < 4.78 is 5.66. The highest BCUT2D eigenvalue weighted by atomic mass is 32.2. The van der Waals surface area contributed by atoms with Crippen molar-refractivity contribution in [3.8, 4) is 0 Å². The molecule has 2 rings (SSSR count). The summed E-state index contributed by atoms with van der Waals surface area (Å²) >= 11 is 2.01. The van der Waals surface area contributed by atoms with Crippen molar-refractivity contribution in [1.29, 1.82) is 0 Å². The molecule has 2 fully saturated rings. The van der Waals surface area contributed by atoms with E-state index < -0.39 is 0 Å². The van der Waals surface area contributed by atoms with Crippen LogP contribution in [0.3, 0.4) is 0 Å². The number of thioether (sulfide) groups is 1. The Morgan fingerprint density at radius 1 is 1.31 bits per heavy atom. The molecule has 1 heterocycles. The topological polar surface area (TPSA) is 64.3 Å². The van der Waals surface area contributed by atoms with Crippen LogP contribution in [-0.4, -0.2) is 29.1 Å². The van der Waals surface area contributed by atoms with E-state index in [1.807, 2.05) is 11.8 Å². The van der Waals surface area contributed by atoms with E-state index >= 15 is 0 Å². The Kier molecular flexibility index (Phi) is 4.49. The lowest BCUT2D eigenvalue weighted by Crippen LogP contribution is -2.39. The first-order chi connectivity index (χ1) is 7.79. The van der Waals surface area contributed by atoms with Crippen LogP contribution in [0.5, 0.6) is 0 Å². The quantitative estimate of drug-likeness (QED) is 0.443. The Labute approximate surface area is 101 Å². The molecule has 1 saturated heterocycles. The first kappa shape index (κ1) is 12.2. The zero-order chi connectivity index (χ0) is 11.4. The number of carbonyl (C=O) groups is 1. The van der Waals surface area contributed by atoms with Crippen LogP contribution in [0.2, 0.25) is 0 Å². The molecule has 3 N–H and O–H groups in total. The van der Waals surface area contributed by atoms with Gasteiger partial charge in [0.25, 0.3) is 5.91 Å². The maximum atomic E-state index is 11.3. The number of nitrogens with one attached hydrogen (secondary N) is 1. The number of hydrazine groups is 1. The number of hydrogen-bond donors (Lipinski definition) is 2. The van der Waals surface area contributed by atoms with Gasteiger partial charge in [0.15, 0.2) is 0 Å². The van der Waals surface area contributed by atoms with E-state index in [1.54, 1.807) is 0 Å². The lowest BCUT2D eigenvalue weighted by Gasteiger charge is -2.14. The summed E-state index contributed by atoms with van der Waals surface area (Å²) in [5.41, 5.74) is 2.15. The summed E-state index contributed by atoms with van der Waals surface area (Å²) in [5, 5.41) is 0.825. The van der Waals surface area contributed by atoms with Crippen molar-refractivity contribution < 1.29 is 9.53 Å². The fourth-order valence-corrected chi connectivity index (χ4v) is 3.81. The van der Waals surface area contributed by atoms with Gasteiger partial charge in [-0.25, -0.2) is 5.84 Å². The minimum Gasteiger partial charge on any atom is -0.364 e. The van der Waals surface area contributed by atoms with Gasteiger partial charge in [-0.3, -0.25) is 10.2 Å². The van der Waals surface area contributed by atoms with E-state index in [4.69, 9.17) is 10.6 Å². The van der Waals surface area contributed by atoms with Crippen LogP contribution in [0.25, 0.3) is 0 Å². The average Bonchev–Trinajstić information content (AvgIpc) is 2.96. The lowest BCUT2D eigenvalue weighted by molar-refractivity contribution is -0.131. The second-order valence-electron chi connectivity index (χ2n) is 4.57. The van der Waals surface area contributed by atoms with Gasteiger partial charge in [-0.1, -0.05) is 12.8 Å². The highest BCUT2D eigenvalue weighted by Crippen LogP contribution is 2.32. The summed E-state index contributed by atoms with van der Waals surface area (Å²) in [6.45, 7) is 0. The Balaban J connectivity index is 1.66. The van der Waals surface area contributed by atoms with Crippen molar-refractivity contribution in [2.24, 2.45) is 5.84 Å². The highest BCUT2D eigenvalue weighted by molar-refractivity contribution is 7.99. The third kappa shape index (κ3) is 3.12. The van der Waals surface area contributed by atoms with E-state index in [2.05, 4.69) is 5.43 Å². The van der Waals surface area contributed by atoms with E-state index in [0.29, 0.717) is 0 Å². The van der Waals surface area contributed by atoms with Crippen LogP contribution in [0.15, 0.2) is 0 Å². The third-order valence-corrected chi connectivity index (χ3v) is 4.87. The van der Waals surface area contributed by atoms with Crippen LogP contribution in [0.1, 0.15) is 38.5 Å². The molecule has 2 aliphatic rings. The number of carbonyl (C=O) groups excluding carboxylic acids is 1. The van der Waals surface area contributed by atoms with Crippen molar-refractivity contribution in [2.45, 2.75) is 56.0 Å². The summed E-state index contributed by atoms with van der Waals surface area (Å²) in [5.74, 6) is 5.93. The van der Waals surface area contributed by atoms with Crippen molar-refractivity contribution >= 4 is 17.7 Å². The number of ether oxygens (including phenoxy) is 1. The molecule has 0 aromatic carbocycles. The molecule has 0 aromatic rings. The van der Waals surface area contributed by atoms with E-state index in [0.717, 1.165) is 23.8 Å². The molecule has 0 spiro atoms. The van der Waals surface area contributed by atoms with Gasteiger partial charge in [-0.2, -0.15) is 11.8 Å². The molecule has 1 saturated carbocycles. The summed E-state index contributed by atoms with van der Waals surface area (Å²) in [7, 11) is 0. The molecule has 1 aliphatic heterocycles. The maximum absolute atomic E-state index is 11.3. The van der Waals surface area contributed by atoms with Gasteiger partial charge in [-0.15, -0.1) is 0 Å². The molecule has 0 bridgehead atoms. The van der Waals surface area contributed by atoms with Crippen LogP contribution in [0.4, 0.5) is 0 Å². The smallest absolute Gasteiger partial charge is 0.263 e. The second kappa shape index (κ2) is 5.89. The largest absolute Gasteiger partial charge is 0.364 e. The highest BCUT2D eigenvalue weighted by Gasteiger charge is 2.30. The van der Waals surface area contributed by atoms with E-state index in [1.165, 1.54) is 25.7 Å². The van der Waals surface area contributed by atoms with E-state index in [9.17, 15) is 4.79 Å². The second-order valence-corrected chi connectivity index (χ2v) is 5.91. The molecule has 0 radical (unpaired) electrons. The van der Waals surface area contributed by atoms with Gasteiger partial charge in [0, 0.05) is 11.0 Å². The minimum absolute atomic E-state index is 0.187. The van der Waals surface area contributed by atoms with Crippen LogP contribution >= 0.6 is 11.8 Å². The minimum atomic E-state index is -0.320. The van der Waals surface area contributed by atoms with Crippen LogP contribution < -0.4 is 11.3 Å². The fraction of sp³-hybridized carbons (Fsp3) is 0.909. The number of nitrogens with two attached hydrogens (primary N) is 1. The zero-order valence-electron chi connectivity index (χ0n) is 9.48. The van der Waals surface area contributed by atoms with Gasteiger partial charge >= 0.3 is 0 Å². The Hall–Kier alpha value is -0.260. The molecular formula is C11H20N2O2S. The van der Waals surface area contributed by atoms with Gasteiger partial charge in [0.05, 0.1) is 6.10 Å². The fourth-order valence-electron chi connectivity index (χ4n) is 2.41. The first-order valence-electron chi connectivity index (χ1n) is 6.07. The van der Waals surface area contributed by atoms with Crippen molar-refractivity contribution in [3.05, 3.63) is 0 Å². The average molecular weight is 244 g/mol. The predicted octanol–water partition coefficient (Wildman–Crippen LogP) is 1.20. The Morgan fingerprint density at radius 2 is 2.06 bits per heavy atom. The van der Waals surface area contributed by atoms with Crippen molar-refractivity contribution in [2.75, 3.05) is 5.75 Å². The molecule has 5 heteroatoms. The molecular weight excluding hydrogens is 224 g/mol. The number of amides is 1. The first-order valence-corrected chi connectivity index (χ1v) is 7.12. The molecule has 16 heavy (non-hydrogen) atoms. The van der Waals surface area contributed by atoms with Crippen LogP contribution in [0, 0.1) is 0 Å². The predicted molar refractivity (Wildman–Crippen MR) is 64.9 cm³/mol. The molecule has 0 aromatic heterocycles. The summed E-state index contributed by atoms with van der Waals surface area (Å²) in [6.07, 6.45) is 7.17. The summed E-state index contributed by atoms with van der Waals surface area (Å²) in [6, 6.07) is 0. The SMILES string of the molecule is NNC(=O)C1CCC(CSC2CCCC2)O1. The van der Waals surface area contributed by atoms with Crippen molar-refractivity contribution in [1.82, 2.24) is 5.43 Å². The van der Waals surface area contributed by atoms with Crippen LogP contribution in [-0.2, 0) is 9.53 Å². The van der Waals surface area contributed by atoms with Gasteiger partial charge in [0.2, 0.25) is 0 Å². The number of hydrogen-bond acceptors (Lipinski definition) is 4. The maximum Gasteiger partial charge on any atom is 0.263 e. The van der Waals surface area contributed by atoms with Gasteiger partial charge in [-0.05, 0) is 25.7 Å². The number of rotatable bonds is 4. The molecule has 1 amide bonds. The molecule has 92 valence electrons. The van der Waals surface area contributed by atoms with Gasteiger partial charge < -0.3 is 4.74 Å². The monoisotopic (exact) mass is 244 g/mol. The molecule has 4 nitrogen and oxygen atoms in total. The van der Waals surface area contributed by atoms with E-state index in [-0.39, 0.29) is 18.1 Å². The zero-order valence-corrected chi connectivity index (χ0v) is 10.3. The molecule has 1 aliphatic carbocycles. The van der Waals surface area contributed by atoms with Gasteiger partial charge in [0.1, 0.15) is 6.10 Å². The summed E-state index contributed by atoms with van der Waals surface area (Å²) in [4.78, 5) is 11.3. The molecule has 2 atom stereocenters. The van der Waals surface area contributed by atoms with Crippen molar-refractivity contribution in [3.63, 3.8) is 0 Å². The molecule has 2 unspecified atom stereocenters. The standard InChI is InChI=1S/C11H20N2O2S/c12-13-11(14)10-6-5-8(15-10)7-16-9-3-1-2-4-9/h8-10H,1-7,12H2,(H,13,14). The lowest BCUT2D eigenvalue weighted by atomic mass is 10.2. The Morgan fingerprint density at radius 3 is 2.75 bits per heavy atom.